The number of guanidine groups is 2. The lowest BCUT2D eigenvalue weighted by Gasteiger charge is -2.20. The summed E-state index contributed by atoms with van der Waals surface area (Å²) < 4.78 is 1.69. The summed E-state index contributed by atoms with van der Waals surface area (Å²) in [7, 11) is 1.71. The van der Waals surface area contributed by atoms with Gasteiger partial charge in [-0.15, -0.1) is 0 Å². The zero-order chi connectivity index (χ0) is 12.3. The van der Waals surface area contributed by atoms with Gasteiger partial charge in [0, 0.05) is 16.0 Å². The van der Waals surface area contributed by atoms with Crippen LogP contribution in [0.25, 0.3) is 0 Å². The Balaban J connectivity index is 3.10. The van der Waals surface area contributed by atoms with E-state index < -0.39 is 0 Å². The third-order valence-electron chi connectivity index (χ3n) is 1.83. The molecule has 86 valence electrons. The summed E-state index contributed by atoms with van der Waals surface area (Å²) in [5.41, 5.74) is 11.2. The van der Waals surface area contributed by atoms with Gasteiger partial charge in [0.05, 0.1) is 5.69 Å². The van der Waals surface area contributed by atoms with Crippen molar-refractivity contribution in [3.63, 3.8) is 0 Å². The summed E-state index contributed by atoms with van der Waals surface area (Å²) in [6.07, 6.45) is 0. The van der Waals surface area contributed by atoms with Gasteiger partial charge in [-0.2, -0.15) is 4.99 Å². The summed E-state index contributed by atoms with van der Waals surface area (Å²) >= 11 is 6.81. The van der Waals surface area contributed by atoms with Crippen molar-refractivity contribution in [2.75, 3.05) is 11.9 Å². The van der Waals surface area contributed by atoms with Crippen molar-refractivity contribution in [2.45, 2.75) is 0 Å². The number of benzene rings is 1. The van der Waals surface area contributed by atoms with Crippen LogP contribution < -0.4 is 16.4 Å². The highest BCUT2D eigenvalue weighted by Gasteiger charge is 2.13. The summed E-state index contributed by atoms with van der Waals surface area (Å²) in [5, 5.41) is 7.69. The average molecular weight is 349 g/mol. The van der Waals surface area contributed by atoms with E-state index >= 15 is 0 Å². The van der Waals surface area contributed by atoms with Crippen molar-refractivity contribution in [1.29, 1.82) is 5.41 Å². The lowest BCUT2D eigenvalue weighted by atomic mass is 10.3. The van der Waals surface area contributed by atoms with Crippen LogP contribution in [0.5, 0.6) is 0 Å². The molecule has 5 N–H and O–H groups in total. The molecule has 0 aliphatic carbocycles. The van der Waals surface area contributed by atoms with Crippen molar-refractivity contribution >= 4 is 49.5 Å². The molecule has 0 spiro atoms. The van der Waals surface area contributed by atoms with E-state index in [-0.39, 0.29) is 11.9 Å². The third kappa shape index (κ3) is 2.96. The van der Waals surface area contributed by atoms with Gasteiger partial charge >= 0.3 is 0 Å². The molecular formula is C9H11Br2N5. The maximum Gasteiger partial charge on any atom is 0.225 e. The lowest BCUT2D eigenvalue weighted by molar-refractivity contribution is 1.18. The first kappa shape index (κ1) is 13.0. The molecule has 0 heterocycles. The summed E-state index contributed by atoms with van der Waals surface area (Å²) in [4.78, 5) is 5.24. The second kappa shape index (κ2) is 5.31. The van der Waals surface area contributed by atoms with Gasteiger partial charge in [0.15, 0.2) is 5.96 Å². The van der Waals surface area contributed by atoms with Gasteiger partial charge < -0.3 is 16.4 Å². The number of halogens is 2. The number of para-hydroxylation sites is 1. The quantitative estimate of drug-likeness (QED) is 0.534. The smallest absolute Gasteiger partial charge is 0.225 e. The van der Waals surface area contributed by atoms with Crippen LogP contribution in [0, 0.1) is 5.41 Å². The first-order valence-electron chi connectivity index (χ1n) is 4.29. The zero-order valence-electron chi connectivity index (χ0n) is 8.54. The van der Waals surface area contributed by atoms with E-state index in [0.29, 0.717) is 0 Å². The van der Waals surface area contributed by atoms with Crippen LogP contribution in [0.2, 0.25) is 0 Å². The van der Waals surface area contributed by atoms with Gasteiger partial charge in [-0.3, -0.25) is 5.41 Å². The molecule has 0 bridgehead atoms. The highest BCUT2D eigenvalue weighted by molar-refractivity contribution is 9.11. The van der Waals surface area contributed by atoms with E-state index in [2.05, 4.69) is 36.9 Å². The molecule has 0 aliphatic heterocycles. The minimum absolute atomic E-state index is 0.0346. The number of nitrogens with one attached hydrogen (secondary N) is 1. The summed E-state index contributed by atoms with van der Waals surface area (Å²) in [5.74, 6) is -0.173. The van der Waals surface area contributed by atoms with Crippen molar-refractivity contribution in [3.8, 4) is 0 Å². The van der Waals surface area contributed by atoms with E-state index in [0.717, 1.165) is 14.6 Å². The SMILES string of the molecule is CN(C(=N)N=C(N)N)c1c(Br)cccc1Br. The monoisotopic (exact) mass is 347 g/mol. The lowest BCUT2D eigenvalue weighted by Crippen LogP contribution is -2.30. The normalized spacial score (nSPS) is 9.69. The van der Waals surface area contributed by atoms with E-state index in [4.69, 9.17) is 16.9 Å². The molecule has 7 heteroatoms. The van der Waals surface area contributed by atoms with Crippen LogP contribution in [0.4, 0.5) is 5.69 Å². The number of rotatable bonds is 1. The molecule has 0 atom stereocenters. The minimum Gasteiger partial charge on any atom is -0.370 e. The van der Waals surface area contributed by atoms with Gasteiger partial charge in [0.25, 0.3) is 0 Å². The molecule has 0 unspecified atom stereocenters. The Morgan fingerprint density at radius 1 is 1.31 bits per heavy atom. The van der Waals surface area contributed by atoms with Gasteiger partial charge in [-0.1, -0.05) is 6.07 Å². The molecule has 5 nitrogen and oxygen atoms in total. The van der Waals surface area contributed by atoms with Crippen LogP contribution in [-0.2, 0) is 0 Å². The molecule has 0 fully saturated rings. The average Bonchev–Trinajstić information content (AvgIpc) is 2.16. The fraction of sp³-hybridized carbons (Fsp3) is 0.111. The van der Waals surface area contributed by atoms with Crippen molar-refractivity contribution in [1.82, 2.24) is 0 Å². The number of anilines is 1. The topological polar surface area (TPSA) is 91.5 Å². The number of nitrogens with two attached hydrogens (primary N) is 2. The predicted octanol–water partition coefficient (Wildman–Crippen LogP) is 1.86. The van der Waals surface area contributed by atoms with Gasteiger partial charge in [-0.25, -0.2) is 0 Å². The Morgan fingerprint density at radius 2 is 1.81 bits per heavy atom. The fourth-order valence-corrected chi connectivity index (χ4v) is 2.64. The second-order valence-electron chi connectivity index (χ2n) is 2.99. The van der Waals surface area contributed by atoms with E-state index in [9.17, 15) is 0 Å². The Morgan fingerprint density at radius 3 is 2.25 bits per heavy atom. The number of hydrogen-bond donors (Lipinski definition) is 3. The van der Waals surface area contributed by atoms with Gasteiger partial charge in [0.2, 0.25) is 5.96 Å². The van der Waals surface area contributed by atoms with Crippen LogP contribution in [-0.4, -0.2) is 19.0 Å². The molecule has 1 rings (SSSR count). The Bertz CT molecular complexity index is 419. The maximum absolute atomic E-state index is 7.69. The van der Waals surface area contributed by atoms with Crippen LogP contribution >= 0.6 is 31.9 Å². The Hall–Kier alpha value is -1.08. The van der Waals surface area contributed by atoms with Crippen LogP contribution in [0.1, 0.15) is 0 Å². The second-order valence-corrected chi connectivity index (χ2v) is 4.70. The van der Waals surface area contributed by atoms with Crippen molar-refractivity contribution in [3.05, 3.63) is 27.1 Å². The van der Waals surface area contributed by atoms with Crippen LogP contribution in [0.3, 0.4) is 0 Å². The largest absolute Gasteiger partial charge is 0.370 e. The zero-order valence-corrected chi connectivity index (χ0v) is 11.7. The minimum atomic E-state index is -0.139. The standard InChI is InChI=1S/C9H11Br2N5/c1-16(9(14)15-8(12)13)7-5(10)3-2-4-6(7)11/h2-4H,1H3,(H5,12,13,14,15). The summed E-state index contributed by atoms with van der Waals surface area (Å²) in [6, 6.07) is 5.63. The molecule has 0 saturated heterocycles. The third-order valence-corrected chi connectivity index (χ3v) is 3.11. The molecule has 0 saturated carbocycles. The fourth-order valence-electron chi connectivity index (χ4n) is 1.11. The molecule has 1 aromatic rings. The molecule has 0 aliphatic rings. The molecular weight excluding hydrogens is 338 g/mol. The Kier molecular flexibility index (Phi) is 4.31. The highest BCUT2D eigenvalue weighted by atomic mass is 79.9. The van der Waals surface area contributed by atoms with Crippen LogP contribution in [0.15, 0.2) is 32.1 Å². The molecule has 16 heavy (non-hydrogen) atoms. The number of nitrogens with zero attached hydrogens (tertiary/aromatic N) is 2. The highest BCUT2D eigenvalue weighted by Crippen LogP contribution is 2.33. The molecule has 0 amide bonds. The van der Waals surface area contributed by atoms with Gasteiger partial charge in [0.1, 0.15) is 0 Å². The predicted molar refractivity (Wildman–Crippen MR) is 73.8 cm³/mol. The van der Waals surface area contributed by atoms with Crippen molar-refractivity contribution in [2.24, 2.45) is 16.5 Å². The molecule has 1 aromatic carbocycles. The Labute approximate surface area is 110 Å². The van der Waals surface area contributed by atoms with E-state index in [1.807, 2.05) is 18.2 Å². The number of hydrogen-bond acceptors (Lipinski definition) is 1. The summed E-state index contributed by atoms with van der Waals surface area (Å²) in [6.45, 7) is 0. The first-order chi connectivity index (χ1) is 7.43. The van der Waals surface area contributed by atoms with E-state index in [1.165, 1.54) is 0 Å². The van der Waals surface area contributed by atoms with Crippen molar-refractivity contribution < 1.29 is 0 Å². The molecule has 0 radical (unpaired) electrons. The maximum atomic E-state index is 7.69. The van der Waals surface area contributed by atoms with Gasteiger partial charge in [-0.05, 0) is 44.0 Å². The first-order valence-corrected chi connectivity index (χ1v) is 5.88. The van der Waals surface area contributed by atoms with E-state index in [1.54, 1.807) is 11.9 Å². The number of aliphatic imine (C=N–C) groups is 1. The molecule has 0 aromatic heterocycles.